The third kappa shape index (κ3) is 4.52. The summed E-state index contributed by atoms with van der Waals surface area (Å²) in [5.74, 6) is -0.255. The summed E-state index contributed by atoms with van der Waals surface area (Å²) in [6.45, 7) is 4.65. The second-order valence-electron chi connectivity index (χ2n) is 8.74. The van der Waals surface area contributed by atoms with E-state index in [2.05, 4.69) is 22.3 Å². The topological polar surface area (TPSA) is 61.9 Å². The van der Waals surface area contributed by atoms with Crippen molar-refractivity contribution in [1.82, 2.24) is 0 Å². The molecule has 0 atom stereocenters. The number of hydrogen-bond acceptors (Lipinski definition) is 5. The van der Waals surface area contributed by atoms with Crippen molar-refractivity contribution in [2.45, 2.75) is 26.2 Å². The monoisotopic (exact) mass is 467 g/mol. The number of anilines is 3. The molecule has 0 aliphatic carbocycles. The van der Waals surface area contributed by atoms with Gasteiger partial charge in [-0.1, -0.05) is 49.4 Å². The summed E-state index contributed by atoms with van der Waals surface area (Å²) in [4.78, 5) is 31.0. The summed E-state index contributed by atoms with van der Waals surface area (Å²) >= 11 is 0. The summed E-state index contributed by atoms with van der Waals surface area (Å²) in [7, 11) is 0. The lowest BCUT2D eigenvalue weighted by molar-refractivity contribution is -0.120. The first-order valence-corrected chi connectivity index (χ1v) is 12.2. The van der Waals surface area contributed by atoms with Gasteiger partial charge in [0.15, 0.2) is 0 Å². The van der Waals surface area contributed by atoms with Gasteiger partial charge in [-0.25, -0.2) is 4.90 Å². The van der Waals surface area contributed by atoms with Gasteiger partial charge in [-0.05, 0) is 61.2 Å². The van der Waals surface area contributed by atoms with E-state index in [1.54, 1.807) is 18.2 Å². The second kappa shape index (κ2) is 10.1. The Bertz CT molecular complexity index is 1250. The van der Waals surface area contributed by atoms with Crippen LogP contribution in [0.1, 0.15) is 31.7 Å². The van der Waals surface area contributed by atoms with Gasteiger partial charge in [-0.15, -0.1) is 0 Å². The molecular formula is C29H29N3O3. The molecule has 0 spiro atoms. The maximum Gasteiger partial charge on any atom is 0.282 e. The number of hydrogen-bond donors (Lipinski definition) is 1. The molecule has 178 valence electrons. The Hall–Kier alpha value is -4.06. The third-order valence-corrected chi connectivity index (χ3v) is 6.32. The Morgan fingerprint density at radius 2 is 1.51 bits per heavy atom. The number of para-hydroxylation sites is 2. The first-order valence-electron chi connectivity index (χ1n) is 12.2. The van der Waals surface area contributed by atoms with Crippen LogP contribution in [0.4, 0.5) is 17.1 Å². The van der Waals surface area contributed by atoms with Gasteiger partial charge in [0.05, 0.1) is 17.9 Å². The van der Waals surface area contributed by atoms with Crippen LogP contribution in [0.2, 0.25) is 0 Å². The van der Waals surface area contributed by atoms with E-state index in [0.29, 0.717) is 29.2 Å². The minimum absolute atomic E-state index is 0.264. The molecule has 2 amide bonds. The number of rotatable bonds is 8. The third-order valence-electron chi connectivity index (χ3n) is 6.32. The van der Waals surface area contributed by atoms with E-state index >= 15 is 0 Å². The Morgan fingerprint density at radius 1 is 0.829 bits per heavy atom. The quantitative estimate of drug-likeness (QED) is 0.445. The van der Waals surface area contributed by atoms with Crippen LogP contribution < -0.4 is 19.9 Å². The van der Waals surface area contributed by atoms with E-state index in [0.717, 1.165) is 25.2 Å². The largest absolute Gasteiger partial charge is 0.491 e. The smallest absolute Gasteiger partial charge is 0.282 e. The van der Waals surface area contributed by atoms with Crippen LogP contribution in [0.5, 0.6) is 5.75 Å². The molecule has 3 aromatic rings. The number of carbonyl (C=O) groups excluding carboxylic acids is 2. The lowest BCUT2D eigenvalue weighted by Crippen LogP contribution is -2.32. The number of imide groups is 1. The normalized spacial score (nSPS) is 15.8. The lowest BCUT2D eigenvalue weighted by atomic mass is 10.0. The summed E-state index contributed by atoms with van der Waals surface area (Å²) in [6.07, 6.45) is 3.25. The van der Waals surface area contributed by atoms with Gasteiger partial charge in [-0.3, -0.25) is 9.59 Å². The molecule has 2 aliphatic rings. The lowest BCUT2D eigenvalue weighted by Gasteiger charge is -2.19. The van der Waals surface area contributed by atoms with E-state index in [1.807, 2.05) is 55.5 Å². The fraction of sp³-hybridized carbons (Fsp3) is 0.241. The average Bonchev–Trinajstić information content (AvgIpc) is 3.51. The van der Waals surface area contributed by atoms with Crippen LogP contribution in [-0.4, -0.2) is 31.5 Å². The molecule has 1 fully saturated rings. The van der Waals surface area contributed by atoms with Crippen molar-refractivity contribution in [2.24, 2.45) is 0 Å². The maximum atomic E-state index is 13.7. The molecule has 6 nitrogen and oxygen atoms in total. The van der Waals surface area contributed by atoms with E-state index in [-0.39, 0.29) is 11.6 Å². The van der Waals surface area contributed by atoms with Crippen molar-refractivity contribution < 1.29 is 14.3 Å². The maximum absolute atomic E-state index is 13.7. The Kier molecular flexibility index (Phi) is 6.53. The van der Waals surface area contributed by atoms with Gasteiger partial charge in [0.25, 0.3) is 11.8 Å². The predicted molar refractivity (Wildman–Crippen MR) is 140 cm³/mol. The summed E-state index contributed by atoms with van der Waals surface area (Å²) in [6, 6.07) is 24.5. The highest BCUT2D eigenvalue weighted by Crippen LogP contribution is 2.38. The molecule has 1 N–H and O–H groups in total. The molecule has 2 aliphatic heterocycles. The van der Waals surface area contributed by atoms with Gasteiger partial charge >= 0.3 is 0 Å². The van der Waals surface area contributed by atoms with E-state index in [4.69, 9.17) is 4.74 Å². The van der Waals surface area contributed by atoms with Crippen molar-refractivity contribution >= 4 is 34.4 Å². The Morgan fingerprint density at radius 3 is 2.23 bits per heavy atom. The number of carbonyl (C=O) groups is 2. The van der Waals surface area contributed by atoms with Crippen LogP contribution in [0.3, 0.4) is 0 Å². The number of benzene rings is 3. The van der Waals surface area contributed by atoms with Crippen molar-refractivity contribution in [3.63, 3.8) is 0 Å². The van der Waals surface area contributed by atoms with E-state index < -0.39 is 5.91 Å². The zero-order valence-corrected chi connectivity index (χ0v) is 19.9. The zero-order chi connectivity index (χ0) is 24.2. The van der Waals surface area contributed by atoms with Crippen LogP contribution in [0, 0.1) is 0 Å². The van der Waals surface area contributed by atoms with Crippen LogP contribution in [0.15, 0.2) is 84.6 Å². The van der Waals surface area contributed by atoms with Crippen LogP contribution in [0.25, 0.3) is 5.57 Å². The molecule has 0 aromatic heterocycles. The Balaban J connectivity index is 1.50. The summed E-state index contributed by atoms with van der Waals surface area (Å²) < 4.78 is 5.86. The molecule has 3 aromatic carbocycles. The van der Waals surface area contributed by atoms with E-state index in [9.17, 15) is 9.59 Å². The SMILES string of the molecule is CCCOc1ccccc1N1C(=O)C(Nc2ccc(N3CCCC3)cc2)=C(c2ccccc2)C1=O. The van der Waals surface area contributed by atoms with Gasteiger partial charge in [0.1, 0.15) is 11.4 Å². The molecule has 0 unspecified atom stereocenters. The minimum Gasteiger partial charge on any atom is -0.491 e. The van der Waals surface area contributed by atoms with Gasteiger partial charge in [0.2, 0.25) is 0 Å². The van der Waals surface area contributed by atoms with Crippen LogP contribution in [-0.2, 0) is 9.59 Å². The fourth-order valence-corrected chi connectivity index (χ4v) is 4.59. The molecule has 5 rings (SSSR count). The van der Waals surface area contributed by atoms with Crippen molar-refractivity contribution in [1.29, 1.82) is 0 Å². The summed E-state index contributed by atoms with van der Waals surface area (Å²) in [5.41, 5.74) is 3.68. The zero-order valence-electron chi connectivity index (χ0n) is 19.9. The average molecular weight is 468 g/mol. The molecule has 6 heteroatoms. The number of nitrogens with zero attached hydrogens (tertiary/aromatic N) is 2. The first-order chi connectivity index (χ1) is 17.2. The fourth-order valence-electron chi connectivity index (χ4n) is 4.59. The highest BCUT2D eigenvalue weighted by atomic mass is 16.5. The highest BCUT2D eigenvalue weighted by Gasteiger charge is 2.41. The Labute approximate surface area is 205 Å². The molecule has 0 saturated carbocycles. The molecule has 35 heavy (non-hydrogen) atoms. The van der Waals surface area contributed by atoms with Crippen molar-refractivity contribution in [2.75, 3.05) is 34.8 Å². The molecule has 0 radical (unpaired) electrons. The van der Waals surface area contributed by atoms with Crippen molar-refractivity contribution in [3.8, 4) is 5.75 Å². The molecule has 0 bridgehead atoms. The molecule has 2 heterocycles. The highest BCUT2D eigenvalue weighted by molar-refractivity contribution is 6.46. The molecular weight excluding hydrogens is 438 g/mol. The van der Waals surface area contributed by atoms with Crippen molar-refractivity contribution in [3.05, 3.63) is 90.1 Å². The number of amides is 2. The predicted octanol–water partition coefficient (Wildman–Crippen LogP) is 5.47. The van der Waals surface area contributed by atoms with Gasteiger partial charge in [-0.2, -0.15) is 0 Å². The number of ether oxygens (including phenoxy) is 1. The van der Waals surface area contributed by atoms with Gasteiger partial charge in [0, 0.05) is 24.5 Å². The van der Waals surface area contributed by atoms with Crippen LogP contribution >= 0.6 is 0 Å². The van der Waals surface area contributed by atoms with Gasteiger partial charge < -0.3 is 15.0 Å². The molecule has 1 saturated heterocycles. The minimum atomic E-state index is -0.398. The first kappa shape index (κ1) is 22.7. The summed E-state index contributed by atoms with van der Waals surface area (Å²) in [5, 5.41) is 3.26. The second-order valence-corrected chi connectivity index (χ2v) is 8.74. The standard InChI is InChI=1S/C29H29N3O3/c1-2-20-35-25-13-7-6-12-24(25)32-28(33)26(21-10-4-3-5-11-21)27(29(32)34)30-22-14-16-23(17-15-22)31-18-8-9-19-31/h3-7,10-17,30H,2,8-9,18-20H2,1H3. The van der Waals surface area contributed by atoms with E-state index in [1.165, 1.54) is 23.4 Å². The number of nitrogens with one attached hydrogen (secondary N) is 1.